The maximum absolute atomic E-state index is 6.26. The molecule has 0 aromatic heterocycles. The summed E-state index contributed by atoms with van der Waals surface area (Å²) in [7, 11) is 0. The molecule has 0 bridgehead atoms. The minimum Gasteiger partial charge on any atom is -0.456 e. The Balaban J connectivity index is 2.08. The Hall–Kier alpha value is -1.16. The molecule has 0 fully saturated rings. The SMILES string of the molecule is CCNCc1ccc(Oc2ccc(SC)cc2)c(Cl)c1. The van der Waals surface area contributed by atoms with Crippen molar-refractivity contribution in [1.29, 1.82) is 0 Å². The van der Waals surface area contributed by atoms with E-state index in [1.807, 2.05) is 42.5 Å². The molecular weight excluding hydrogens is 290 g/mol. The van der Waals surface area contributed by atoms with Gasteiger partial charge in [-0.15, -0.1) is 11.8 Å². The van der Waals surface area contributed by atoms with Crippen molar-refractivity contribution in [3.8, 4) is 11.5 Å². The minimum absolute atomic E-state index is 0.634. The molecule has 20 heavy (non-hydrogen) atoms. The lowest BCUT2D eigenvalue weighted by molar-refractivity contribution is 0.482. The molecule has 0 atom stereocenters. The number of hydrogen-bond acceptors (Lipinski definition) is 3. The van der Waals surface area contributed by atoms with E-state index in [1.165, 1.54) is 4.90 Å². The molecule has 0 radical (unpaired) electrons. The highest BCUT2D eigenvalue weighted by Gasteiger charge is 2.04. The second-order valence-corrected chi connectivity index (χ2v) is 5.61. The van der Waals surface area contributed by atoms with E-state index in [2.05, 4.69) is 18.5 Å². The molecular formula is C16H18ClNOS. The van der Waals surface area contributed by atoms with Gasteiger partial charge < -0.3 is 10.1 Å². The first kappa shape index (κ1) is 15.2. The van der Waals surface area contributed by atoms with Crippen molar-refractivity contribution in [2.24, 2.45) is 0 Å². The van der Waals surface area contributed by atoms with Crippen LogP contribution >= 0.6 is 23.4 Å². The fourth-order valence-corrected chi connectivity index (χ4v) is 2.43. The van der Waals surface area contributed by atoms with Crippen LogP contribution in [0.3, 0.4) is 0 Å². The van der Waals surface area contributed by atoms with E-state index in [0.29, 0.717) is 10.8 Å². The van der Waals surface area contributed by atoms with Crippen molar-refractivity contribution in [2.45, 2.75) is 18.4 Å². The largest absolute Gasteiger partial charge is 0.456 e. The highest BCUT2D eigenvalue weighted by Crippen LogP contribution is 2.31. The van der Waals surface area contributed by atoms with Crippen molar-refractivity contribution in [3.05, 3.63) is 53.1 Å². The summed E-state index contributed by atoms with van der Waals surface area (Å²) in [4.78, 5) is 1.21. The van der Waals surface area contributed by atoms with Gasteiger partial charge in [-0.05, 0) is 54.8 Å². The van der Waals surface area contributed by atoms with Gasteiger partial charge in [0.1, 0.15) is 11.5 Å². The number of rotatable bonds is 6. The van der Waals surface area contributed by atoms with Crippen molar-refractivity contribution >= 4 is 23.4 Å². The van der Waals surface area contributed by atoms with Gasteiger partial charge in [-0.3, -0.25) is 0 Å². The third-order valence-electron chi connectivity index (χ3n) is 2.86. The first-order valence-electron chi connectivity index (χ1n) is 6.54. The molecule has 4 heteroatoms. The third kappa shape index (κ3) is 4.17. The normalized spacial score (nSPS) is 10.6. The predicted molar refractivity (Wildman–Crippen MR) is 87.1 cm³/mol. The standard InChI is InChI=1S/C16H18ClNOS/c1-3-18-11-12-4-9-16(15(17)10-12)19-13-5-7-14(20-2)8-6-13/h4-10,18H,3,11H2,1-2H3. The van der Waals surface area contributed by atoms with Crippen LogP contribution in [0.15, 0.2) is 47.4 Å². The molecule has 2 nitrogen and oxygen atoms in total. The fraction of sp³-hybridized carbons (Fsp3) is 0.250. The van der Waals surface area contributed by atoms with Gasteiger partial charge in [0.2, 0.25) is 0 Å². The van der Waals surface area contributed by atoms with E-state index in [-0.39, 0.29) is 0 Å². The molecule has 0 spiro atoms. The van der Waals surface area contributed by atoms with E-state index >= 15 is 0 Å². The van der Waals surface area contributed by atoms with Crippen molar-refractivity contribution in [3.63, 3.8) is 0 Å². The summed E-state index contributed by atoms with van der Waals surface area (Å²) in [5, 5.41) is 3.91. The number of halogens is 1. The number of ether oxygens (including phenoxy) is 1. The van der Waals surface area contributed by atoms with E-state index < -0.39 is 0 Å². The van der Waals surface area contributed by atoms with Crippen molar-refractivity contribution in [2.75, 3.05) is 12.8 Å². The highest BCUT2D eigenvalue weighted by atomic mass is 35.5. The summed E-state index contributed by atoms with van der Waals surface area (Å²) in [6.07, 6.45) is 2.05. The molecule has 2 aromatic rings. The Morgan fingerprint density at radius 1 is 1.15 bits per heavy atom. The van der Waals surface area contributed by atoms with E-state index in [0.717, 1.165) is 24.4 Å². The Bertz CT molecular complexity index is 557. The summed E-state index contributed by atoms with van der Waals surface area (Å²) in [6.45, 7) is 3.84. The summed E-state index contributed by atoms with van der Waals surface area (Å²) < 4.78 is 5.81. The first-order valence-corrected chi connectivity index (χ1v) is 8.14. The molecule has 1 N–H and O–H groups in total. The molecule has 0 amide bonds. The minimum atomic E-state index is 0.634. The number of thioether (sulfide) groups is 1. The van der Waals surface area contributed by atoms with Gasteiger partial charge in [0, 0.05) is 11.4 Å². The molecule has 0 unspecified atom stereocenters. The maximum Gasteiger partial charge on any atom is 0.146 e. The van der Waals surface area contributed by atoms with Gasteiger partial charge in [-0.1, -0.05) is 24.6 Å². The summed E-state index contributed by atoms with van der Waals surface area (Å²) in [6, 6.07) is 13.9. The number of benzene rings is 2. The zero-order chi connectivity index (χ0) is 14.4. The van der Waals surface area contributed by atoms with Crippen LogP contribution in [0.25, 0.3) is 0 Å². The fourth-order valence-electron chi connectivity index (χ4n) is 1.78. The Morgan fingerprint density at radius 3 is 2.50 bits per heavy atom. The molecule has 0 heterocycles. The molecule has 0 saturated heterocycles. The lowest BCUT2D eigenvalue weighted by atomic mass is 10.2. The van der Waals surface area contributed by atoms with Crippen LogP contribution in [-0.4, -0.2) is 12.8 Å². The van der Waals surface area contributed by atoms with E-state index in [1.54, 1.807) is 11.8 Å². The summed E-state index contributed by atoms with van der Waals surface area (Å²) in [5.74, 6) is 1.48. The molecule has 0 saturated carbocycles. The summed E-state index contributed by atoms with van der Waals surface area (Å²) >= 11 is 7.97. The van der Waals surface area contributed by atoms with Crippen LogP contribution in [-0.2, 0) is 6.54 Å². The zero-order valence-electron chi connectivity index (χ0n) is 11.7. The number of hydrogen-bond donors (Lipinski definition) is 1. The predicted octanol–water partition coefficient (Wildman–Crippen LogP) is 4.96. The Kier molecular flexibility index (Phi) is 5.77. The molecule has 0 aliphatic rings. The van der Waals surface area contributed by atoms with Gasteiger partial charge in [0.25, 0.3) is 0 Å². The topological polar surface area (TPSA) is 21.3 Å². The second-order valence-electron chi connectivity index (χ2n) is 4.32. The molecule has 0 aliphatic heterocycles. The first-order chi connectivity index (χ1) is 9.72. The van der Waals surface area contributed by atoms with Gasteiger partial charge in [-0.25, -0.2) is 0 Å². The smallest absolute Gasteiger partial charge is 0.146 e. The lowest BCUT2D eigenvalue weighted by Crippen LogP contribution is -2.11. The number of nitrogens with one attached hydrogen (secondary N) is 1. The van der Waals surface area contributed by atoms with Crippen LogP contribution in [0.4, 0.5) is 0 Å². The quantitative estimate of drug-likeness (QED) is 0.762. The molecule has 106 valence electrons. The van der Waals surface area contributed by atoms with Gasteiger partial charge in [-0.2, -0.15) is 0 Å². The third-order valence-corrected chi connectivity index (χ3v) is 3.90. The van der Waals surface area contributed by atoms with Crippen molar-refractivity contribution in [1.82, 2.24) is 5.32 Å². The molecule has 2 rings (SSSR count). The van der Waals surface area contributed by atoms with Crippen molar-refractivity contribution < 1.29 is 4.74 Å². The highest BCUT2D eigenvalue weighted by molar-refractivity contribution is 7.98. The van der Waals surface area contributed by atoms with Gasteiger partial charge >= 0.3 is 0 Å². The van der Waals surface area contributed by atoms with E-state index in [4.69, 9.17) is 16.3 Å². The van der Waals surface area contributed by atoms with Gasteiger partial charge in [0.15, 0.2) is 0 Å². The maximum atomic E-state index is 6.26. The van der Waals surface area contributed by atoms with Gasteiger partial charge in [0.05, 0.1) is 5.02 Å². The monoisotopic (exact) mass is 307 g/mol. The molecule has 0 aliphatic carbocycles. The van der Waals surface area contributed by atoms with Crippen LogP contribution in [0.1, 0.15) is 12.5 Å². The van der Waals surface area contributed by atoms with Crippen LogP contribution in [0, 0.1) is 0 Å². The average molecular weight is 308 g/mol. The second kappa shape index (κ2) is 7.58. The Morgan fingerprint density at radius 2 is 1.90 bits per heavy atom. The average Bonchev–Trinajstić information content (AvgIpc) is 2.48. The Labute approximate surface area is 129 Å². The molecule has 2 aromatic carbocycles. The van der Waals surface area contributed by atoms with Crippen LogP contribution in [0.5, 0.6) is 11.5 Å². The lowest BCUT2D eigenvalue weighted by Gasteiger charge is -2.10. The summed E-state index contributed by atoms with van der Waals surface area (Å²) in [5.41, 5.74) is 1.15. The van der Waals surface area contributed by atoms with E-state index in [9.17, 15) is 0 Å². The zero-order valence-corrected chi connectivity index (χ0v) is 13.2. The van der Waals surface area contributed by atoms with Crippen LogP contribution in [0.2, 0.25) is 5.02 Å². The van der Waals surface area contributed by atoms with Crippen LogP contribution < -0.4 is 10.1 Å².